The van der Waals surface area contributed by atoms with Crippen LogP contribution in [0.15, 0.2) is 11.5 Å². The van der Waals surface area contributed by atoms with Crippen molar-refractivity contribution in [2.75, 3.05) is 13.7 Å². The lowest BCUT2D eigenvalue weighted by molar-refractivity contribution is -0.134. The molecule has 0 amide bonds. The number of rotatable bonds is 3. The van der Waals surface area contributed by atoms with E-state index in [1.54, 1.807) is 6.92 Å². The van der Waals surface area contributed by atoms with Gasteiger partial charge >= 0.3 is 5.97 Å². The van der Waals surface area contributed by atoms with Gasteiger partial charge in [-0.15, -0.1) is 0 Å². The van der Waals surface area contributed by atoms with Gasteiger partial charge in [0.25, 0.3) is 0 Å². The summed E-state index contributed by atoms with van der Waals surface area (Å²) in [6.45, 7) is 2.15. The summed E-state index contributed by atoms with van der Waals surface area (Å²) in [6, 6.07) is 0. The Morgan fingerprint density at radius 2 is 2.20 bits per heavy atom. The third-order valence-corrected chi connectivity index (χ3v) is 4.30. The summed E-state index contributed by atoms with van der Waals surface area (Å²) in [7, 11) is -2.23. The van der Waals surface area contributed by atoms with E-state index < -0.39 is 21.1 Å². The molecule has 1 aliphatic rings. The molecule has 0 aromatic carbocycles. The summed E-state index contributed by atoms with van der Waals surface area (Å²) in [6.07, 6.45) is 1.06. The van der Waals surface area contributed by atoms with Crippen molar-refractivity contribution in [3.8, 4) is 0 Å². The van der Waals surface area contributed by atoms with Crippen LogP contribution in [0.3, 0.4) is 0 Å². The zero-order valence-corrected chi connectivity index (χ0v) is 9.49. The topological polar surface area (TPSA) is 69.7 Å². The molecule has 1 fully saturated rings. The van der Waals surface area contributed by atoms with Crippen LogP contribution in [0.2, 0.25) is 0 Å². The van der Waals surface area contributed by atoms with Crippen molar-refractivity contribution >= 4 is 15.8 Å². The molecule has 1 saturated heterocycles. The van der Waals surface area contributed by atoms with Gasteiger partial charge in [0.2, 0.25) is 0 Å². The molecule has 2 unspecified atom stereocenters. The maximum atomic E-state index is 11.7. The van der Waals surface area contributed by atoms with Gasteiger partial charge in [-0.25, -0.2) is 13.2 Å². The summed E-state index contributed by atoms with van der Waals surface area (Å²) in [5.74, 6) is -0.676. The Kier molecular flexibility index (Phi) is 3.87. The van der Waals surface area contributed by atoms with E-state index in [1.807, 2.05) is 0 Å². The average molecular weight is 234 g/mol. The standard InChI is InChI=1S/C9H14O5S/c1-7-8(3-5-14-7)15(11,12)6-4-9(10)13-2/h4,6-8H,3,5H2,1-2H3/b6-4+. The van der Waals surface area contributed by atoms with E-state index in [0.717, 1.165) is 11.5 Å². The number of hydrogen-bond donors (Lipinski definition) is 0. The highest BCUT2D eigenvalue weighted by Crippen LogP contribution is 2.21. The Hall–Kier alpha value is -0.880. The number of esters is 1. The molecule has 6 heteroatoms. The van der Waals surface area contributed by atoms with Crippen LogP contribution in [0.1, 0.15) is 13.3 Å². The van der Waals surface area contributed by atoms with E-state index in [2.05, 4.69) is 4.74 Å². The SMILES string of the molecule is COC(=O)/C=C/S(=O)(=O)C1CCOC1C. The van der Waals surface area contributed by atoms with Crippen LogP contribution < -0.4 is 0 Å². The smallest absolute Gasteiger partial charge is 0.331 e. The van der Waals surface area contributed by atoms with Crippen molar-refractivity contribution in [1.29, 1.82) is 0 Å². The van der Waals surface area contributed by atoms with Gasteiger partial charge in [0, 0.05) is 18.1 Å². The molecule has 5 nitrogen and oxygen atoms in total. The first-order valence-corrected chi connectivity index (χ1v) is 6.20. The summed E-state index contributed by atoms with van der Waals surface area (Å²) in [4.78, 5) is 10.8. The van der Waals surface area contributed by atoms with Crippen molar-refractivity contribution in [3.05, 3.63) is 11.5 Å². The molecule has 1 aliphatic heterocycles. The van der Waals surface area contributed by atoms with E-state index in [4.69, 9.17) is 4.74 Å². The molecule has 86 valence electrons. The van der Waals surface area contributed by atoms with Crippen molar-refractivity contribution in [3.63, 3.8) is 0 Å². The maximum absolute atomic E-state index is 11.7. The Morgan fingerprint density at radius 1 is 1.53 bits per heavy atom. The van der Waals surface area contributed by atoms with Crippen molar-refractivity contribution < 1.29 is 22.7 Å². The maximum Gasteiger partial charge on any atom is 0.331 e. The first kappa shape index (κ1) is 12.2. The molecule has 1 heterocycles. The number of carbonyl (C=O) groups excluding carboxylic acids is 1. The van der Waals surface area contributed by atoms with Crippen LogP contribution in [0.4, 0.5) is 0 Å². The molecule has 2 atom stereocenters. The summed E-state index contributed by atoms with van der Waals surface area (Å²) >= 11 is 0. The van der Waals surface area contributed by atoms with Gasteiger partial charge in [-0.05, 0) is 13.3 Å². The lowest BCUT2D eigenvalue weighted by Crippen LogP contribution is -2.26. The molecule has 0 aromatic rings. The molecule has 0 radical (unpaired) electrons. The normalized spacial score (nSPS) is 27.1. The third kappa shape index (κ3) is 3.04. The van der Waals surface area contributed by atoms with Crippen molar-refractivity contribution in [2.45, 2.75) is 24.7 Å². The molecule has 0 spiro atoms. The van der Waals surface area contributed by atoms with Gasteiger partial charge in [-0.2, -0.15) is 0 Å². The zero-order valence-electron chi connectivity index (χ0n) is 8.67. The number of hydrogen-bond acceptors (Lipinski definition) is 5. The Labute approximate surface area is 89.0 Å². The van der Waals surface area contributed by atoms with E-state index in [9.17, 15) is 13.2 Å². The number of ether oxygens (including phenoxy) is 2. The third-order valence-electron chi connectivity index (χ3n) is 2.32. The lowest BCUT2D eigenvalue weighted by Gasteiger charge is -2.11. The van der Waals surface area contributed by atoms with E-state index >= 15 is 0 Å². The quantitative estimate of drug-likeness (QED) is 0.517. The fourth-order valence-corrected chi connectivity index (χ4v) is 3.00. The largest absolute Gasteiger partial charge is 0.466 e. The van der Waals surface area contributed by atoms with Gasteiger partial charge in [-0.1, -0.05) is 0 Å². The second-order valence-electron chi connectivity index (χ2n) is 3.32. The second kappa shape index (κ2) is 4.76. The minimum atomic E-state index is -3.42. The fraction of sp³-hybridized carbons (Fsp3) is 0.667. The Balaban J connectivity index is 2.75. The highest BCUT2D eigenvalue weighted by molar-refractivity contribution is 7.95. The van der Waals surface area contributed by atoms with Gasteiger partial charge in [0.15, 0.2) is 9.84 Å². The highest BCUT2D eigenvalue weighted by Gasteiger charge is 2.34. The number of carbonyl (C=O) groups is 1. The first-order valence-electron chi connectivity index (χ1n) is 4.59. The Bertz CT molecular complexity index is 357. The average Bonchev–Trinajstić information content (AvgIpc) is 2.61. The summed E-state index contributed by atoms with van der Waals surface area (Å²) in [5, 5.41) is 0.340. The van der Waals surface area contributed by atoms with Crippen molar-refractivity contribution in [2.24, 2.45) is 0 Å². The Morgan fingerprint density at radius 3 is 2.67 bits per heavy atom. The molecule has 0 aliphatic carbocycles. The van der Waals surface area contributed by atoms with Crippen LogP contribution in [0.25, 0.3) is 0 Å². The molecule has 15 heavy (non-hydrogen) atoms. The van der Waals surface area contributed by atoms with E-state index in [1.165, 1.54) is 7.11 Å². The second-order valence-corrected chi connectivity index (χ2v) is 5.37. The van der Waals surface area contributed by atoms with Crippen LogP contribution in [0.5, 0.6) is 0 Å². The van der Waals surface area contributed by atoms with Crippen LogP contribution in [0, 0.1) is 0 Å². The molecule has 0 saturated carbocycles. The molecule has 0 N–H and O–H groups in total. The minimum Gasteiger partial charge on any atom is -0.466 e. The zero-order chi connectivity index (χ0) is 11.5. The molecule has 0 bridgehead atoms. The van der Waals surface area contributed by atoms with Gasteiger partial charge in [-0.3, -0.25) is 0 Å². The molecular formula is C9H14O5S. The van der Waals surface area contributed by atoms with E-state index in [0.29, 0.717) is 13.0 Å². The summed E-state index contributed by atoms with van der Waals surface area (Å²) in [5.41, 5.74) is 0. The van der Waals surface area contributed by atoms with Gasteiger partial charge in [0.1, 0.15) is 0 Å². The molecular weight excluding hydrogens is 220 g/mol. The summed E-state index contributed by atoms with van der Waals surface area (Å²) < 4.78 is 32.8. The first-order chi connectivity index (χ1) is 6.97. The molecule has 1 rings (SSSR count). The monoisotopic (exact) mass is 234 g/mol. The van der Waals surface area contributed by atoms with Crippen LogP contribution in [-0.4, -0.2) is 39.5 Å². The number of sulfone groups is 1. The van der Waals surface area contributed by atoms with Crippen LogP contribution in [-0.2, 0) is 24.1 Å². The minimum absolute atomic E-state index is 0.322. The fourth-order valence-electron chi connectivity index (χ4n) is 1.46. The lowest BCUT2D eigenvalue weighted by atomic mass is 10.3. The van der Waals surface area contributed by atoms with Crippen LogP contribution >= 0.6 is 0 Å². The van der Waals surface area contributed by atoms with Gasteiger partial charge in [0.05, 0.1) is 18.5 Å². The number of methoxy groups -OCH3 is 1. The van der Waals surface area contributed by atoms with Crippen molar-refractivity contribution in [1.82, 2.24) is 0 Å². The predicted molar refractivity (Wildman–Crippen MR) is 53.9 cm³/mol. The van der Waals surface area contributed by atoms with Gasteiger partial charge < -0.3 is 9.47 Å². The molecule has 0 aromatic heterocycles. The highest BCUT2D eigenvalue weighted by atomic mass is 32.2. The van der Waals surface area contributed by atoms with E-state index in [-0.39, 0.29) is 6.10 Å². The predicted octanol–water partition coefficient (Wildman–Crippen LogP) is 0.265.